The molecule has 0 fully saturated rings. The standard InChI is InChI=1S/C21H37O4PS/c1-2-3-4-5-6-7-8-9-10-11-12-13-14-16-19-20(22)17-15-18-21(19)27-26(23,24)25/h15,17-18,22H,2-14,16H2,1H3,(H2,23,24,25). The Balaban J connectivity index is 2.11. The minimum atomic E-state index is -4.20. The molecule has 3 N–H and O–H groups in total. The summed E-state index contributed by atoms with van der Waals surface area (Å²) in [6, 6.07) is 4.88. The number of aromatic hydroxyl groups is 1. The van der Waals surface area contributed by atoms with Crippen LogP contribution >= 0.6 is 18.2 Å². The zero-order valence-corrected chi connectivity index (χ0v) is 18.4. The molecule has 0 atom stereocenters. The number of hydrogen-bond donors (Lipinski definition) is 3. The van der Waals surface area contributed by atoms with Crippen molar-refractivity contribution in [1.82, 2.24) is 0 Å². The van der Waals surface area contributed by atoms with Crippen LogP contribution in [0.15, 0.2) is 23.1 Å². The highest BCUT2D eigenvalue weighted by Crippen LogP contribution is 2.56. The zero-order chi connectivity index (χ0) is 20.0. The first-order valence-electron chi connectivity index (χ1n) is 10.5. The van der Waals surface area contributed by atoms with Gasteiger partial charge in [-0.3, -0.25) is 0 Å². The van der Waals surface area contributed by atoms with Gasteiger partial charge in [-0.05, 0) is 36.4 Å². The first-order chi connectivity index (χ1) is 12.9. The Labute approximate surface area is 169 Å². The highest BCUT2D eigenvalue weighted by Gasteiger charge is 2.19. The van der Waals surface area contributed by atoms with Crippen molar-refractivity contribution < 1.29 is 19.5 Å². The Morgan fingerprint density at radius 2 is 1.30 bits per heavy atom. The summed E-state index contributed by atoms with van der Waals surface area (Å²) in [5.74, 6) is 0.132. The van der Waals surface area contributed by atoms with Gasteiger partial charge in [0, 0.05) is 10.5 Å². The summed E-state index contributed by atoms with van der Waals surface area (Å²) >= 11 is 0.534. The summed E-state index contributed by atoms with van der Waals surface area (Å²) < 4.78 is 11.2. The maximum Gasteiger partial charge on any atom is 0.388 e. The molecule has 0 radical (unpaired) electrons. The van der Waals surface area contributed by atoms with Gasteiger partial charge in [0.25, 0.3) is 0 Å². The van der Waals surface area contributed by atoms with Crippen LogP contribution in [0.4, 0.5) is 0 Å². The van der Waals surface area contributed by atoms with Crippen LogP contribution in [0.25, 0.3) is 0 Å². The molecule has 0 aromatic heterocycles. The van der Waals surface area contributed by atoms with Crippen LogP contribution in [0.5, 0.6) is 5.75 Å². The number of hydrogen-bond acceptors (Lipinski definition) is 3. The van der Waals surface area contributed by atoms with Gasteiger partial charge in [-0.2, -0.15) is 0 Å². The van der Waals surface area contributed by atoms with Gasteiger partial charge in [-0.1, -0.05) is 90.0 Å². The molecular weight excluding hydrogens is 379 g/mol. The fraction of sp³-hybridized carbons (Fsp3) is 0.714. The molecule has 6 heteroatoms. The molecule has 0 saturated heterocycles. The van der Waals surface area contributed by atoms with Gasteiger partial charge >= 0.3 is 6.80 Å². The lowest BCUT2D eigenvalue weighted by molar-refractivity contribution is 0.397. The van der Waals surface area contributed by atoms with E-state index >= 15 is 0 Å². The third-order valence-electron chi connectivity index (χ3n) is 4.86. The fourth-order valence-corrected chi connectivity index (χ4v) is 5.33. The van der Waals surface area contributed by atoms with E-state index in [0.29, 0.717) is 28.3 Å². The van der Waals surface area contributed by atoms with Crippen molar-refractivity contribution in [2.75, 3.05) is 0 Å². The van der Waals surface area contributed by atoms with E-state index in [2.05, 4.69) is 6.92 Å². The highest BCUT2D eigenvalue weighted by molar-refractivity contribution is 8.54. The van der Waals surface area contributed by atoms with E-state index in [1.807, 2.05) is 0 Å². The van der Waals surface area contributed by atoms with Crippen molar-refractivity contribution in [3.8, 4) is 5.75 Å². The molecule has 1 aromatic carbocycles. The Morgan fingerprint density at radius 1 is 0.815 bits per heavy atom. The van der Waals surface area contributed by atoms with E-state index in [0.717, 1.165) is 12.8 Å². The van der Waals surface area contributed by atoms with Gasteiger partial charge in [-0.15, -0.1) is 0 Å². The quantitative estimate of drug-likeness (QED) is 0.196. The smallest absolute Gasteiger partial charge is 0.388 e. The molecule has 27 heavy (non-hydrogen) atoms. The van der Waals surface area contributed by atoms with Crippen LogP contribution in [-0.2, 0) is 11.0 Å². The van der Waals surface area contributed by atoms with Crippen molar-refractivity contribution >= 4 is 18.2 Å². The van der Waals surface area contributed by atoms with Crippen LogP contribution in [-0.4, -0.2) is 14.9 Å². The second-order valence-corrected chi connectivity index (χ2v) is 10.9. The number of rotatable bonds is 16. The molecule has 4 nitrogen and oxygen atoms in total. The van der Waals surface area contributed by atoms with E-state index in [4.69, 9.17) is 9.79 Å². The van der Waals surface area contributed by atoms with Gasteiger partial charge in [0.2, 0.25) is 0 Å². The second-order valence-electron chi connectivity index (χ2n) is 7.33. The van der Waals surface area contributed by atoms with E-state index in [1.165, 1.54) is 70.6 Å². The molecule has 1 rings (SSSR count). The lowest BCUT2D eigenvalue weighted by atomic mass is 10.0. The summed E-state index contributed by atoms with van der Waals surface area (Å²) in [6.45, 7) is -1.95. The lowest BCUT2D eigenvalue weighted by Gasteiger charge is -2.11. The Kier molecular flexibility index (Phi) is 13.2. The van der Waals surface area contributed by atoms with Crippen LogP contribution < -0.4 is 0 Å². The molecule has 1 aromatic rings. The minimum Gasteiger partial charge on any atom is -0.508 e. The van der Waals surface area contributed by atoms with E-state index in [9.17, 15) is 9.67 Å². The largest absolute Gasteiger partial charge is 0.508 e. The minimum absolute atomic E-state index is 0.132. The van der Waals surface area contributed by atoms with Gasteiger partial charge in [0.05, 0.1) is 0 Å². The molecule has 0 heterocycles. The molecule has 0 aliphatic heterocycles. The summed E-state index contributed by atoms with van der Waals surface area (Å²) in [5, 5.41) is 10.0. The van der Waals surface area contributed by atoms with Crippen molar-refractivity contribution in [2.45, 2.75) is 102 Å². The topological polar surface area (TPSA) is 77.8 Å². The van der Waals surface area contributed by atoms with Crippen molar-refractivity contribution in [2.24, 2.45) is 0 Å². The number of unbranched alkanes of at least 4 members (excludes halogenated alkanes) is 12. The van der Waals surface area contributed by atoms with Gasteiger partial charge in [0.15, 0.2) is 0 Å². The second kappa shape index (κ2) is 14.5. The average Bonchev–Trinajstić information content (AvgIpc) is 2.59. The van der Waals surface area contributed by atoms with E-state index < -0.39 is 6.80 Å². The summed E-state index contributed by atoms with van der Waals surface area (Å²) in [4.78, 5) is 18.8. The third kappa shape index (κ3) is 12.6. The zero-order valence-electron chi connectivity index (χ0n) is 16.7. The van der Waals surface area contributed by atoms with Crippen molar-refractivity contribution in [3.63, 3.8) is 0 Å². The summed E-state index contributed by atoms with van der Waals surface area (Å²) in [7, 11) is 0. The van der Waals surface area contributed by atoms with Crippen LogP contribution in [0.3, 0.4) is 0 Å². The molecule has 0 saturated carbocycles. The fourth-order valence-electron chi connectivity index (χ4n) is 3.34. The average molecular weight is 417 g/mol. The summed E-state index contributed by atoms with van der Waals surface area (Å²) in [6.07, 6.45) is 17.3. The van der Waals surface area contributed by atoms with Gasteiger partial charge in [0.1, 0.15) is 5.75 Å². The first kappa shape index (κ1) is 24.6. The molecule has 0 bridgehead atoms. The number of phenolic OH excluding ortho intramolecular Hbond substituents is 1. The lowest BCUT2D eigenvalue weighted by Crippen LogP contribution is -1.91. The number of benzene rings is 1. The Morgan fingerprint density at radius 3 is 1.78 bits per heavy atom. The molecule has 0 aliphatic rings. The van der Waals surface area contributed by atoms with Gasteiger partial charge < -0.3 is 14.9 Å². The molecule has 0 aliphatic carbocycles. The van der Waals surface area contributed by atoms with Crippen LogP contribution in [0, 0.1) is 0 Å². The van der Waals surface area contributed by atoms with E-state index in [-0.39, 0.29) is 5.75 Å². The third-order valence-corrected chi connectivity index (χ3v) is 6.98. The Bertz CT molecular complexity index is 559. The SMILES string of the molecule is CCCCCCCCCCCCCCCc1c(O)cccc1SP(=O)(O)O. The molecule has 0 amide bonds. The summed E-state index contributed by atoms with van der Waals surface area (Å²) in [5.41, 5.74) is 0.661. The van der Waals surface area contributed by atoms with Crippen LogP contribution in [0.1, 0.15) is 96.0 Å². The Hall–Kier alpha value is -0.480. The maximum absolute atomic E-state index is 11.2. The van der Waals surface area contributed by atoms with Gasteiger partial charge in [-0.25, -0.2) is 4.57 Å². The molecule has 0 unspecified atom stereocenters. The number of phenols is 1. The molecule has 156 valence electrons. The predicted molar refractivity (Wildman–Crippen MR) is 115 cm³/mol. The first-order valence-corrected chi connectivity index (χ1v) is 13.5. The highest BCUT2D eigenvalue weighted by atomic mass is 32.7. The monoisotopic (exact) mass is 416 g/mol. The predicted octanol–water partition coefficient (Wildman–Crippen LogP) is 7.21. The van der Waals surface area contributed by atoms with E-state index in [1.54, 1.807) is 18.2 Å². The van der Waals surface area contributed by atoms with Crippen molar-refractivity contribution in [1.29, 1.82) is 0 Å². The maximum atomic E-state index is 11.2. The molecule has 0 spiro atoms. The normalized spacial score (nSPS) is 11.8. The van der Waals surface area contributed by atoms with Crippen LogP contribution in [0.2, 0.25) is 0 Å². The van der Waals surface area contributed by atoms with Crippen molar-refractivity contribution in [3.05, 3.63) is 23.8 Å². The molecular formula is C21H37O4PS.